The van der Waals surface area contributed by atoms with E-state index in [1.54, 1.807) is 22.9 Å². The van der Waals surface area contributed by atoms with Crippen molar-refractivity contribution in [2.45, 2.75) is 38.3 Å². The number of hydrogen-bond donors (Lipinski definition) is 0. The van der Waals surface area contributed by atoms with Crippen LogP contribution in [0.2, 0.25) is 0 Å². The third kappa shape index (κ3) is 5.25. The zero-order valence-electron chi connectivity index (χ0n) is 20.9. The maximum Gasteiger partial charge on any atom is 0.351 e. The molecule has 0 radical (unpaired) electrons. The minimum Gasteiger partial charge on any atom is -0.478 e. The lowest BCUT2D eigenvalue weighted by atomic mass is 9.95. The summed E-state index contributed by atoms with van der Waals surface area (Å²) in [5, 5.41) is 0. The first kappa shape index (κ1) is 23.8. The monoisotopic (exact) mass is 505 g/mol. The molecule has 190 valence electrons. The molecule has 2 aliphatic rings. The molecule has 0 saturated heterocycles. The summed E-state index contributed by atoms with van der Waals surface area (Å²) in [4.78, 5) is 21.0. The molecule has 0 spiro atoms. The van der Waals surface area contributed by atoms with Crippen molar-refractivity contribution in [3.05, 3.63) is 100 Å². The topological polar surface area (TPSA) is 75.5 Å². The molecule has 7 nitrogen and oxygen atoms in total. The molecule has 2 aromatic carbocycles. The summed E-state index contributed by atoms with van der Waals surface area (Å²) >= 11 is 0. The van der Waals surface area contributed by atoms with Crippen molar-refractivity contribution in [2.24, 2.45) is 0 Å². The number of aromatic nitrogens is 3. The number of hydrogen-bond acceptors (Lipinski definition) is 6. The molecule has 4 heterocycles. The van der Waals surface area contributed by atoms with Crippen LogP contribution in [0.15, 0.2) is 77.7 Å². The number of ether oxygens (including phenoxy) is 3. The lowest BCUT2D eigenvalue weighted by Gasteiger charge is -2.25. The van der Waals surface area contributed by atoms with Crippen molar-refractivity contribution < 1.29 is 14.2 Å². The van der Waals surface area contributed by atoms with Crippen LogP contribution in [-0.4, -0.2) is 33.9 Å². The fourth-order valence-electron chi connectivity index (χ4n) is 4.77. The molecule has 6 rings (SSSR count). The first-order chi connectivity index (χ1) is 18.7. The van der Waals surface area contributed by atoms with Crippen LogP contribution in [0, 0.1) is 11.8 Å². The second-order valence-electron chi connectivity index (χ2n) is 9.35. The van der Waals surface area contributed by atoms with Gasteiger partial charge in [-0.15, -0.1) is 0 Å². The van der Waals surface area contributed by atoms with Crippen molar-refractivity contribution >= 4 is 0 Å². The van der Waals surface area contributed by atoms with Crippen molar-refractivity contribution in [2.75, 3.05) is 13.2 Å². The Labute approximate surface area is 221 Å². The third-order valence-electron chi connectivity index (χ3n) is 6.67. The van der Waals surface area contributed by atoms with E-state index in [1.165, 1.54) is 11.1 Å². The Morgan fingerprint density at radius 2 is 2.00 bits per heavy atom. The number of unbranched alkanes of at least 4 members (excludes halogenated alkanes) is 1. The zero-order chi connectivity index (χ0) is 25.7. The number of aryl methyl sites for hydroxylation is 2. The van der Waals surface area contributed by atoms with Crippen LogP contribution in [0.25, 0.3) is 11.3 Å². The fourth-order valence-corrected chi connectivity index (χ4v) is 4.77. The van der Waals surface area contributed by atoms with Gasteiger partial charge in [0.05, 0.1) is 5.69 Å². The van der Waals surface area contributed by atoms with E-state index in [-0.39, 0.29) is 24.3 Å². The molecule has 2 aliphatic heterocycles. The van der Waals surface area contributed by atoms with Gasteiger partial charge >= 0.3 is 5.69 Å². The van der Waals surface area contributed by atoms with Gasteiger partial charge in [-0.3, -0.25) is 4.57 Å². The number of rotatable bonds is 6. The van der Waals surface area contributed by atoms with Crippen LogP contribution in [0.3, 0.4) is 0 Å². The molecule has 7 heteroatoms. The van der Waals surface area contributed by atoms with E-state index in [9.17, 15) is 4.79 Å². The van der Waals surface area contributed by atoms with E-state index >= 15 is 0 Å². The van der Waals surface area contributed by atoms with Crippen LogP contribution in [0.1, 0.15) is 29.5 Å². The summed E-state index contributed by atoms with van der Waals surface area (Å²) in [7, 11) is 0. The molecule has 2 aromatic heterocycles. The van der Waals surface area contributed by atoms with E-state index < -0.39 is 0 Å². The van der Waals surface area contributed by atoms with Gasteiger partial charge in [-0.2, -0.15) is 4.98 Å². The van der Waals surface area contributed by atoms with Crippen molar-refractivity contribution in [3.63, 3.8) is 0 Å². The highest BCUT2D eigenvalue weighted by atomic mass is 16.6. The van der Waals surface area contributed by atoms with E-state index in [1.807, 2.05) is 24.3 Å². The fraction of sp³-hybridized carbons (Fsp3) is 0.258. The maximum absolute atomic E-state index is 12.8. The predicted octanol–water partition coefficient (Wildman–Crippen LogP) is 4.45. The van der Waals surface area contributed by atoms with Crippen LogP contribution < -0.4 is 19.9 Å². The lowest BCUT2D eigenvalue weighted by Crippen LogP contribution is -2.35. The first-order valence-electron chi connectivity index (χ1n) is 12.9. The van der Waals surface area contributed by atoms with Crippen LogP contribution in [-0.2, 0) is 19.4 Å². The molecule has 0 aliphatic carbocycles. The molecular weight excluding hydrogens is 478 g/mol. The highest BCUT2D eigenvalue weighted by molar-refractivity contribution is 5.68. The second kappa shape index (κ2) is 10.8. The summed E-state index contributed by atoms with van der Waals surface area (Å²) in [5.74, 6) is 7.94. The van der Waals surface area contributed by atoms with Gasteiger partial charge in [0.25, 0.3) is 5.88 Å². The minimum atomic E-state index is -0.326. The van der Waals surface area contributed by atoms with Crippen LogP contribution in [0.4, 0.5) is 0 Å². The number of fused-ring (bicyclic) bond motifs is 4. The Balaban J connectivity index is 1.12. The van der Waals surface area contributed by atoms with Gasteiger partial charge in [0.15, 0.2) is 11.9 Å². The van der Waals surface area contributed by atoms with Gasteiger partial charge in [-0.1, -0.05) is 48.2 Å². The molecule has 4 aromatic rings. The van der Waals surface area contributed by atoms with Gasteiger partial charge in [0.2, 0.25) is 5.88 Å². The van der Waals surface area contributed by atoms with E-state index in [0.29, 0.717) is 24.8 Å². The van der Waals surface area contributed by atoms with Crippen molar-refractivity contribution in [1.82, 2.24) is 14.5 Å². The largest absolute Gasteiger partial charge is 0.478 e. The molecule has 1 atom stereocenters. The quantitative estimate of drug-likeness (QED) is 0.285. The van der Waals surface area contributed by atoms with Gasteiger partial charge in [0.1, 0.15) is 13.2 Å². The number of nitrogens with zero attached hydrogens (tertiary/aromatic N) is 3. The molecular formula is C31H27N3O4. The summed E-state index contributed by atoms with van der Waals surface area (Å²) < 4.78 is 19.1. The average molecular weight is 506 g/mol. The summed E-state index contributed by atoms with van der Waals surface area (Å²) in [5.41, 5.74) is 5.00. The minimum absolute atomic E-state index is 0.204. The summed E-state index contributed by atoms with van der Waals surface area (Å²) in [6.45, 7) is 1.09. The van der Waals surface area contributed by atoms with Crippen molar-refractivity contribution in [3.8, 4) is 40.6 Å². The normalized spacial score (nSPS) is 15.0. The standard InChI is InChI=1S/C31H27N3O4/c35-31-33-29(36-20-25-21-37-30-28(38-25)12-7-16-32-30)19-27-26-14-13-23(18-24(26)15-17-34(27)31)11-6-2-5-10-22-8-3-1-4-9-22/h1,3-4,7-9,12-14,16,18-19,25H,2,5,10,15,17,20-21H2. The molecule has 38 heavy (non-hydrogen) atoms. The first-order valence-corrected chi connectivity index (χ1v) is 12.9. The van der Waals surface area contributed by atoms with Crippen LogP contribution in [0.5, 0.6) is 17.5 Å². The highest BCUT2D eigenvalue weighted by Crippen LogP contribution is 2.31. The van der Waals surface area contributed by atoms with E-state index in [2.05, 4.69) is 52.1 Å². The lowest BCUT2D eigenvalue weighted by molar-refractivity contribution is 0.0486. The molecule has 0 N–H and O–H groups in total. The van der Waals surface area contributed by atoms with E-state index in [4.69, 9.17) is 14.2 Å². The van der Waals surface area contributed by atoms with E-state index in [0.717, 1.165) is 42.5 Å². The summed E-state index contributed by atoms with van der Waals surface area (Å²) in [6.07, 6.45) is 5.02. The second-order valence-corrected chi connectivity index (χ2v) is 9.35. The number of pyridine rings is 1. The molecule has 0 amide bonds. The molecule has 0 bridgehead atoms. The summed E-state index contributed by atoms with van der Waals surface area (Å²) in [6, 6.07) is 22.1. The third-order valence-corrected chi connectivity index (χ3v) is 6.67. The van der Waals surface area contributed by atoms with Gasteiger partial charge in [0, 0.05) is 36.4 Å². The Kier molecular flexibility index (Phi) is 6.77. The molecule has 1 unspecified atom stereocenters. The average Bonchev–Trinajstić information content (AvgIpc) is 2.96. The van der Waals surface area contributed by atoms with Crippen molar-refractivity contribution in [1.29, 1.82) is 0 Å². The SMILES string of the molecule is O=c1nc(OCC2COc3ncccc3O2)cc2n1CCc1cc(C#CCCCc3ccccc3)ccc1-2. The Morgan fingerprint density at radius 1 is 1.08 bits per heavy atom. The van der Waals surface area contributed by atoms with Gasteiger partial charge in [-0.25, -0.2) is 9.78 Å². The molecule has 0 saturated carbocycles. The van der Waals surface area contributed by atoms with Crippen LogP contribution >= 0.6 is 0 Å². The van der Waals surface area contributed by atoms with Gasteiger partial charge < -0.3 is 14.2 Å². The Hall–Kier alpha value is -4.57. The smallest absolute Gasteiger partial charge is 0.351 e. The van der Waals surface area contributed by atoms with Gasteiger partial charge in [-0.05, 0) is 54.7 Å². The Bertz CT molecular complexity index is 1570. The Morgan fingerprint density at radius 3 is 2.92 bits per heavy atom. The maximum atomic E-state index is 12.8. The zero-order valence-corrected chi connectivity index (χ0v) is 20.9. The molecule has 0 fully saturated rings. The highest BCUT2D eigenvalue weighted by Gasteiger charge is 2.24. The number of benzene rings is 2. The predicted molar refractivity (Wildman–Crippen MR) is 144 cm³/mol.